The summed E-state index contributed by atoms with van der Waals surface area (Å²) < 4.78 is 0. The first kappa shape index (κ1) is 11.3. The highest BCUT2D eigenvalue weighted by atomic mass is 16.3. The number of hydrogen-bond donors (Lipinski definition) is 3. The Kier molecular flexibility index (Phi) is 3.11. The molecule has 2 rings (SSSR count). The average Bonchev–Trinajstić information content (AvgIpc) is 2.84. The lowest BCUT2D eigenvalue weighted by Gasteiger charge is -2.20. The van der Waals surface area contributed by atoms with Crippen LogP contribution < -0.4 is 11.1 Å². The minimum Gasteiger partial charge on any atom is -0.392 e. The molecule has 0 radical (unpaired) electrons. The topological polar surface area (TPSA) is 95.7 Å². The zero-order valence-electron chi connectivity index (χ0n) is 9.06. The van der Waals surface area contributed by atoms with E-state index in [0.29, 0.717) is 32.5 Å². The largest absolute Gasteiger partial charge is 0.392 e. The molecule has 0 saturated carbocycles. The van der Waals surface area contributed by atoms with Gasteiger partial charge in [0.25, 0.3) is 0 Å². The summed E-state index contributed by atoms with van der Waals surface area (Å²) in [6.45, 7) is 1.46. The standard InChI is InChI=1S/C10H17N3O3/c11-9(15)6-1-2-13(5-6)10(16)8-3-7(14)4-12-8/h6-8,12,14H,1-5H2,(H2,11,15). The zero-order chi connectivity index (χ0) is 11.7. The van der Waals surface area contributed by atoms with E-state index >= 15 is 0 Å². The predicted molar refractivity (Wildman–Crippen MR) is 56.3 cm³/mol. The van der Waals surface area contributed by atoms with Crippen LogP contribution in [0.2, 0.25) is 0 Å². The second kappa shape index (κ2) is 4.39. The molecule has 90 valence electrons. The molecule has 2 fully saturated rings. The van der Waals surface area contributed by atoms with Crippen molar-refractivity contribution >= 4 is 11.8 Å². The Labute approximate surface area is 93.8 Å². The molecule has 0 bridgehead atoms. The van der Waals surface area contributed by atoms with Crippen LogP contribution in [-0.4, -0.2) is 53.6 Å². The van der Waals surface area contributed by atoms with E-state index < -0.39 is 6.10 Å². The highest BCUT2D eigenvalue weighted by molar-refractivity contribution is 5.84. The molecule has 2 amide bonds. The summed E-state index contributed by atoms with van der Waals surface area (Å²) in [5, 5.41) is 12.3. The summed E-state index contributed by atoms with van der Waals surface area (Å²) in [5.74, 6) is -0.578. The van der Waals surface area contributed by atoms with Crippen LogP contribution in [0.4, 0.5) is 0 Å². The number of primary amides is 1. The molecule has 2 heterocycles. The first-order chi connectivity index (χ1) is 7.58. The van der Waals surface area contributed by atoms with Gasteiger partial charge in [0.1, 0.15) is 0 Å². The zero-order valence-corrected chi connectivity index (χ0v) is 9.06. The van der Waals surface area contributed by atoms with Gasteiger partial charge >= 0.3 is 0 Å². The number of amides is 2. The Balaban J connectivity index is 1.89. The molecule has 3 atom stereocenters. The second-order valence-electron chi connectivity index (χ2n) is 4.52. The minimum absolute atomic E-state index is 0.0275. The van der Waals surface area contributed by atoms with E-state index in [0.717, 1.165) is 0 Å². The molecule has 0 aromatic carbocycles. The van der Waals surface area contributed by atoms with E-state index in [2.05, 4.69) is 5.32 Å². The van der Waals surface area contributed by atoms with Crippen molar-refractivity contribution < 1.29 is 14.7 Å². The normalized spacial score (nSPS) is 34.3. The van der Waals surface area contributed by atoms with Crippen LogP contribution in [0.15, 0.2) is 0 Å². The van der Waals surface area contributed by atoms with E-state index in [1.54, 1.807) is 4.90 Å². The lowest BCUT2D eigenvalue weighted by molar-refractivity contribution is -0.132. The number of β-amino-alcohol motifs (C(OH)–C–C–N with tert-alkyl or cyclic N) is 1. The van der Waals surface area contributed by atoms with Crippen molar-refractivity contribution in [3.8, 4) is 0 Å². The maximum atomic E-state index is 12.0. The molecule has 6 nitrogen and oxygen atoms in total. The fraction of sp³-hybridized carbons (Fsp3) is 0.800. The summed E-state index contributed by atoms with van der Waals surface area (Å²) in [5.41, 5.74) is 5.20. The smallest absolute Gasteiger partial charge is 0.239 e. The van der Waals surface area contributed by atoms with Crippen molar-refractivity contribution in [3.63, 3.8) is 0 Å². The third-order valence-corrected chi connectivity index (χ3v) is 3.31. The number of aliphatic hydroxyl groups is 1. The summed E-state index contributed by atoms with van der Waals surface area (Å²) in [4.78, 5) is 24.6. The second-order valence-corrected chi connectivity index (χ2v) is 4.52. The first-order valence-corrected chi connectivity index (χ1v) is 5.57. The third kappa shape index (κ3) is 2.17. The van der Waals surface area contributed by atoms with Crippen LogP contribution in [0.5, 0.6) is 0 Å². The number of nitrogens with zero attached hydrogens (tertiary/aromatic N) is 1. The van der Waals surface area contributed by atoms with Gasteiger partial charge < -0.3 is 21.1 Å². The van der Waals surface area contributed by atoms with Crippen molar-refractivity contribution in [1.82, 2.24) is 10.2 Å². The summed E-state index contributed by atoms with van der Waals surface area (Å²) in [6.07, 6.45) is 0.663. The first-order valence-electron chi connectivity index (χ1n) is 5.57. The van der Waals surface area contributed by atoms with Gasteiger partial charge in [0.05, 0.1) is 18.1 Å². The molecule has 6 heteroatoms. The molecule has 3 unspecified atom stereocenters. The van der Waals surface area contributed by atoms with Crippen molar-refractivity contribution in [2.24, 2.45) is 11.7 Å². The molecule has 16 heavy (non-hydrogen) atoms. The van der Waals surface area contributed by atoms with Gasteiger partial charge in [-0.05, 0) is 12.8 Å². The van der Waals surface area contributed by atoms with Crippen molar-refractivity contribution in [3.05, 3.63) is 0 Å². The number of carbonyl (C=O) groups is 2. The summed E-state index contributed by atoms with van der Waals surface area (Å²) in [6, 6.07) is -0.304. The SMILES string of the molecule is NC(=O)C1CCN(C(=O)C2CC(O)CN2)C1. The van der Waals surface area contributed by atoms with Gasteiger partial charge in [0.2, 0.25) is 11.8 Å². The van der Waals surface area contributed by atoms with Crippen LogP contribution in [0.1, 0.15) is 12.8 Å². The molecular weight excluding hydrogens is 210 g/mol. The number of hydrogen-bond acceptors (Lipinski definition) is 4. The molecule has 2 aliphatic rings. The van der Waals surface area contributed by atoms with Crippen molar-refractivity contribution in [2.45, 2.75) is 25.0 Å². The highest BCUT2D eigenvalue weighted by Gasteiger charge is 2.36. The Morgan fingerprint density at radius 3 is 2.69 bits per heavy atom. The van der Waals surface area contributed by atoms with Crippen molar-refractivity contribution in [1.29, 1.82) is 0 Å². The number of likely N-dealkylation sites (tertiary alicyclic amines) is 1. The molecule has 0 aromatic heterocycles. The quantitative estimate of drug-likeness (QED) is 0.510. The lowest BCUT2D eigenvalue weighted by atomic mass is 10.1. The Hall–Kier alpha value is -1.14. The van der Waals surface area contributed by atoms with Gasteiger partial charge in [-0.2, -0.15) is 0 Å². The predicted octanol–water partition coefficient (Wildman–Crippen LogP) is -1.96. The molecule has 2 saturated heterocycles. The van der Waals surface area contributed by atoms with Gasteiger partial charge in [-0.3, -0.25) is 9.59 Å². The van der Waals surface area contributed by atoms with E-state index in [-0.39, 0.29) is 23.8 Å². The van der Waals surface area contributed by atoms with Gasteiger partial charge in [-0.15, -0.1) is 0 Å². The van der Waals surface area contributed by atoms with Crippen LogP contribution in [-0.2, 0) is 9.59 Å². The summed E-state index contributed by atoms with van der Waals surface area (Å²) >= 11 is 0. The third-order valence-electron chi connectivity index (χ3n) is 3.31. The van der Waals surface area contributed by atoms with Gasteiger partial charge in [0.15, 0.2) is 0 Å². The van der Waals surface area contributed by atoms with Gasteiger partial charge in [-0.1, -0.05) is 0 Å². The number of rotatable bonds is 2. The molecule has 2 aliphatic heterocycles. The fourth-order valence-corrected chi connectivity index (χ4v) is 2.32. The van der Waals surface area contributed by atoms with Gasteiger partial charge in [0, 0.05) is 19.6 Å². The highest BCUT2D eigenvalue weighted by Crippen LogP contribution is 2.18. The van der Waals surface area contributed by atoms with E-state index in [9.17, 15) is 14.7 Å². The maximum Gasteiger partial charge on any atom is 0.239 e. The van der Waals surface area contributed by atoms with Gasteiger partial charge in [-0.25, -0.2) is 0 Å². The number of carbonyl (C=O) groups excluding carboxylic acids is 2. The Morgan fingerprint density at radius 1 is 1.44 bits per heavy atom. The number of aliphatic hydroxyl groups excluding tert-OH is 1. The van der Waals surface area contributed by atoms with Crippen LogP contribution in [0.25, 0.3) is 0 Å². The number of nitrogens with two attached hydrogens (primary N) is 1. The van der Waals surface area contributed by atoms with Crippen LogP contribution in [0.3, 0.4) is 0 Å². The Bertz CT molecular complexity index is 308. The molecule has 0 spiro atoms. The van der Waals surface area contributed by atoms with Crippen molar-refractivity contribution in [2.75, 3.05) is 19.6 Å². The summed E-state index contributed by atoms with van der Waals surface area (Å²) in [7, 11) is 0. The van der Waals surface area contributed by atoms with E-state index in [1.165, 1.54) is 0 Å². The number of nitrogens with one attached hydrogen (secondary N) is 1. The molecule has 4 N–H and O–H groups in total. The molecule has 0 aromatic rings. The van der Waals surface area contributed by atoms with E-state index in [4.69, 9.17) is 5.73 Å². The average molecular weight is 227 g/mol. The van der Waals surface area contributed by atoms with Crippen LogP contribution >= 0.6 is 0 Å². The molecular formula is C10H17N3O3. The fourth-order valence-electron chi connectivity index (χ4n) is 2.32. The lowest BCUT2D eigenvalue weighted by Crippen LogP contribution is -2.43. The maximum absolute atomic E-state index is 12.0. The van der Waals surface area contributed by atoms with E-state index in [1.807, 2.05) is 0 Å². The molecule has 0 aliphatic carbocycles. The van der Waals surface area contributed by atoms with Crippen LogP contribution in [0, 0.1) is 5.92 Å². The monoisotopic (exact) mass is 227 g/mol. The Morgan fingerprint density at radius 2 is 2.19 bits per heavy atom. The minimum atomic E-state index is -0.441.